The lowest BCUT2D eigenvalue weighted by molar-refractivity contribution is 0.0774. The number of fused-ring (bicyclic) bond motifs is 1. The SMILES string of the molecule is Cc1cc(C)c(C)c(Cn2c(CN(C)C(=O)c3ccccn3)nc3ccccc32)c1C. The lowest BCUT2D eigenvalue weighted by Crippen LogP contribution is -2.28. The maximum absolute atomic E-state index is 12.9. The third-order valence-corrected chi connectivity index (χ3v) is 6.18. The second-order valence-electron chi connectivity index (χ2n) is 8.22. The van der Waals surface area contributed by atoms with Gasteiger partial charge in [0, 0.05) is 19.8 Å². The first-order chi connectivity index (χ1) is 14.9. The van der Waals surface area contributed by atoms with Crippen LogP contribution in [0.5, 0.6) is 0 Å². The highest BCUT2D eigenvalue weighted by Crippen LogP contribution is 2.26. The summed E-state index contributed by atoms with van der Waals surface area (Å²) in [7, 11) is 1.80. The molecule has 0 aliphatic carbocycles. The van der Waals surface area contributed by atoms with Crippen molar-refractivity contribution in [2.75, 3.05) is 7.05 Å². The lowest BCUT2D eigenvalue weighted by atomic mass is 9.94. The van der Waals surface area contributed by atoms with E-state index in [-0.39, 0.29) is 5.91 Å². The number of imidazole rings is 1. The predicted molar refractivity (Wildman–Crippen MR) is 124 cm³/mol. The average Bonchev–Trinajstić information content (AvgIpc) is 3.12. The minimum absolute atomic E-state index is 0.113. The Bertz CT molecular complexity index is 1230. The van der Waals surface area contributed by atoms with Crippen molar-refractivity contribution in [1.82, 2.24) is 19.4 Å². The summed E-state index contributed by atoms with van der Waals surface area (Å²) in [6.45, 7) is 9.84. The summed E-state index contributed by atoms with van der Waals surface area (Å²) in [4.78, 5) is 23.6. The van der Waals surface area contributed by atoms with Crippen molar-refractivity contribution in [1.29, 1.82) is 0 Å². The van der Waals surface area contributed by atoms with Crippen LogP contribution in [0.4, 0.5) is 0 Å². The Labute approximate surface area is 183 Å². The highest BCUT2D eigenvalue weighted by Gasteiger charge is 2.19. The largest absolute Gasteiger partial charge is 0.333 e. The predicted octanol–water partition coefficient (Wildman–Crippen LogP) is 4.99. The Morgan fingerprint density at radius 3 is 2.32 bits per heavy atom. The summed E-state index contributed by atoms with van der Waals surface area (Å²) in [5, 5.41) is 0. The molecular weight excluding hydrogens is 384 g/mol. The second kappa shape index (κ2) is 8.34. The number of carbonyl (C=O) groups is 1. The zero-order valence-electron chi connectivity index (χ0n) is 18.8. The summed E-state index contributed by atoms with van der Waals surface area (Å²) < 4.78 is 2.24. The van der Waals surface area contributed by atoms with Crippen LogP contribution in [0.1, 0.15) is 44.1 Å². The smallest absolute Gasteiger partial charge is 0.272 e. The third-order valence-electron chi connectivity index (χ3n) is 6.18. The van der Waals surface area contributed by atoms with Gasteiger partial charge in [0.25, 0.3) is 5.91 Å². The van der Waals surface area contributed by atoms with E-state index in [1.165, 1.54) is 27.8 Å². The standard InChI is InChI=1S/C26H28N4O/c1-17-14-18(2)20(4)21(19(17)3)15-30-24-12-7-6-10-22(24)28-25(30)16-29(5)26(31)23-11-8-9-13-27-23/h6-14H,15-16H2,1-5H3. The van der Waals surface area contributed by atoms with Crippen LogP contribution in [-0.4, -0.2) is 32.4 Å². The van der Waals surface area contributed by atoms with Gasteiger partial charge in [-0.05, 0) is 79.8 Å². The van der Waals surface area contributed by atoms with Crippen LogP contribution < -0.4 is 0 Å². The molecule has 0 radical (unpaired) electrons. The van der Waals surface area contributed by atoms with Gasteiger partial charge >= 0.3 is 0 Å². The number of nitrogens with zero attached hydrogens (tertiary/aromatic N) is 4. The maximum Gasteiger partial charge on any atom is 0.272 e. The summed E-state index contributed by atoms with van der Waals surface area (Å²) in [6, 6.07) is 15.8. The van der Waals surface area contributed by atoms with E-state index in [2.05, 4.69) is 49.4 Å². The molecule has 2 aromatic heterocycles. The summed E-state index contributed by atoms with van der Waals surface area (Å²) in [5.74, 6) is 0.754. The molecular formula is C26H28N4O. The van der Waals surface area contributed by atoms with Crippen LogP contribution >= 0.6 is 0 Å². The fraction of sp³-hybridized carbons (Fsp3) is 0.269. The van der Waals surface area contributed by atoms with Gasteiger partial charge in [-0.1, -0.05) is 24.3 Å². The number of para-hydroxylation sites is 2. The number of hydrogen-bond acceptors (Lipinski definition) is 3. The van der Waals surface area contributed by atoms with Crippen molar-refractivity contribution >= 4 is 16.9 Å². The number of aromatic nitrogens is 3. The van der Waals surface area contributed by atoms with Gasteiger partial charge in [0.15, 0.2) is 0 Å². The lowest BCUT2D eigenvalue weighted by Gasteiger charge is -2.20. The first kappa shape index (κ1) is 20.8. The van der Waals surface area contributed by atoms with E-state index >= 15 is 0 Å². The van der Waals surface area contributed by atoms with Gasteiger partial charge in [-0.2, -0.15) is 0 Å². The zero-order chi connectivity index (χ0) is 22.1. The number of carbonyl (C=O) groups excluding carboxylic acids is 1. The van der Waals surface area contributed by atoms with Gasteiger partial charge in [-0.15, -0.1) is 0 Å². The van der Waals surface area contributed by atoms with Crippen molar-refractivity contribution < 1.29 is 4.79 Å². The van der Waals surface area contributed by atoms with E-state index < -0.39 is 0 Å². The molecule has 0 aliphatic heterocycles. The normalized spacial score (nSPS) is 11.1. The van der Waals surface area contributed by atoms with Gasteiger partial charge in [0.05, 0.1) is 17.6 Å². The number of hydrogen-bond donors (Lipinski definition) is 0. The third kappa shape index (κ3) is 3.96. The Morgan fingerprint density at radius 2 is 1.65 bits per heavy atom. The molecule has 31 heavy (non-hydrogen) atoms. The van der Waals surface area contributed by atoms with Crippen molar-refractivity contribution in [3.63, 3.8) is 0 Å². The summed E-state index contributed by atoms with van der Waals surface area (Å²) in [5.41, 5.74) is 8.99. The molecule has 0 spiro atoms. The maximum atomic E-state index is 12.9. The van der Waals surface area contributed by atoms with Gasteiger partial charge in [-0.3, -0.25) is 9.78 Å². The molecule has 0 N–H and O–H groups in total. The molecule has 0 fully saturated rings. The van der Waals surface area contributed by atoms with Crippen LogP contribution in [0.15, 0.2) is 54.7 Å². The fourth-order valence-electron chi connectivity index (χ4n) is 4.09. The van der Waals surface area contributed by atoms with Gasteiger partial charge < -0.3 is 9.47 Å². The summed E-state index contributed by atoms with van der Waals surface area (Å²) >= 11 is 0. The molecule has 2 heterocycles. The Morgan fingerprint density at radius 1 is 0.968 bits per heavy atom. The molecule has 0 saturated heterocycles. The van der Waals surface area contributed by atoms with Gasteiger partial charge in [-0.25, -0.2) is 4.98 Å². The monoisotopic (exact) mass is 412 g/mol. The Hall–Kier alpha value is -3.47. The summed E-state index contributed by atoms with van der Waals surface area (Å²) in [6.07, 6.45) is 1.64. The molecule has 0 bridgehead atoms. The number of rotatable bonds is 5. The van der Waals surface area contributed by atoms with Crippen molar-refractivity contribution in [2.24, 2.45) is 0 Å². The van der Waals surface area contributed by atoms with E-state index in [1.807, 2.05) is 30.3 Å². The quantitative estimate of drug-likeness (QED) is 0.464. The van der Waals surface area contributed by atoms with Crippen molar-refractivity contribution in [3.05, 3.63) is 94.1 Å². The van der Waals surface area contributed by atoms with E-state index in [1.54, 1.807) is 24.2 Å². The number of aryl methyl sites for hydroxylation is 2. The highest BCUT2D eigenvalue weighted by atomic mass is 16.2. The number of benzene rings is 2. The fourth-order valence-corrected chi connectivity index (χ4v) is 4.09. The van der Waals surface area contributed by atoms with Crippen molar-refractivity contribution in [2.45, 2.75) is 40.8 Å². The van der Waals surface area contributed by atoms with Crippen LogP contribution in [0.3, 0.4) is 0 Å². The zero-order valence-corrected chi connectivity index (χ0v) is 18.8. The topological polar surface area (TPSA) is 51.0 Å². The molecule has 2 aromatic carbocycles. The Kier molecular flexibility index (Phi) is 5.59. The first-order valence-corrected chi connectivity index (χ1v) is 10.5. The molecule has 0 aliphatic rings. The number of pyridine rings is 1. The van der Waals surface area contributed by atoms with E-state index in [0.717, 1.165) is 23.4 Å². The van der Waals surface area contributed by atoms with Crippen LogP contribution in [0.2, 0.25) is 0 Å². The number of amides is 1. The highest BCUT2D eigenvalue weighted by molar-refractivity contribution is 5.92. The molecule has 1 amide bonds. The molecule has 0 unspecified atom stereocenters. The molecule has 4 rings (SSSR count). The minimum Gasteiger partial charge on any atom is -0.333 e. The molecule has 5 nitrogen and oxygen atoms in total. The van der Waals surface area contributed by atoms with E-state index in [4.69, 9.17) is 4.98 Å². The molecule has 158 valence electrons. The van der Waals surface area contributed by atoms with E-state index in [0.29, 0.717) is 12.2 Å². The molecule has 0 atom stereocenters. The van der Waals surface area contributed by atoms with Crippen LogP contribution in [-0.2, 0) is 13.1 Å². The van der Waals surface area contributed by atoms with Gasteiger partial charge in [0.1, 0.15) is 11.5 Å². The van der Waals surface area contributed by atoms with Crippen molar-refractivity contribution in [3.8, 4) is 0 Å². The minimum atomic E-state index is -0.113. The Balaban J connectivity index is 1.75. The van der Waals surface area contributed by atoms with Crippen LogP contribution in [0.25, 0.3) is 11.0 Å². The molecule has 0 saturated carbocycles. The molecule has 4 aromatic rings. The van der Waals surface area contributed by atoms with Gasteiger partial charge in [0.2, 0.25) is 0 Å². The van der Waals surface area contributed by atoms with Crippen LogP contribution in [0, 0.1) is 27.7 Å². The first-order valence-electron chi connectivity index (χ1n) is 10.5. The average molecular weight is 413 g/mol. The molecule has 5 heteroatoms. The second-order valence-corrected chi connectivity index (χ2v) is 8.22. The van der Waals surface area contributed by atoms with E-state index in [9.17, 15) is 4.79 Å².